The molecule has 0 aliphatic carbocycles. The fourth-order valence-corrected chi connectivity index (χ4v) is 4.48. The maximum Gasteiger partial charge on any atom is 0.253 e. The van der Waals surface area contributed by atoms with Crippen LogP contribution in [0, 0.1) is 11.6 Å². The molecule has 0 atom stereocenters. The fourth-order valence-electron chi connectivity index (χ4n) is 4.28. The number of likely N-dealkylation sites (N-methyl/N-ethyl adjacent to an activating group) is 2. The van der Waals surface area contributed by atoms with Crippen molar-refractivity contribution in [2.24, 2.45) is 0 Å². The molecule has 0 aliphatic rings. The van der Waals surface area contributed by atoms with Gasteiger partial charge in [-0.3, -0.25) is 4.79 Å². The molecule has 41 heavy (non-hydrogen) atoms. The molecule has 0 spiro atoms. The summed E-state index contributed by atoms with van der Waals surface area (Å²) in [6, 6.07) is 19.4. The van der Waals surface area contributed by atoms with E-state index in [4.69, 9.17) is 21.6 Å². The van der Waals surface area contributed by atoms with Crippen molar-refractivity contribution in [3.8, 4) is 0 Å². The van der Waals surface area contributed by atoms with Crippen LogP contribution in [-0.2, 0) is 13.1 Å². The van der Waals surface area contributed by atoms with Crippen molar-refractivity contribution < 1.29 is 13.6 Å². The van der Waals surface area contributed by atoms with Gasteiger partial charge in [0.2, 0.25) is 5.95 Å². The molecule has 0 saturated carbocycles. The van der Waals surface area contributed by atoms with E-state index in [1.54, 1.807) is 31.6 Å². The molecule has 5 rings (SSSR count). The largest absolute Gasteiger partial charge is 0.364 e. The maximum atomic E-state index is 13.6. The molecule has 8 nitrogen and oxygen atoms in total. The van der Waals surface area contributed by atoms with Gasteiger partial charge in [-0.1, -0.05) is 48.0 Å². The summed E-state index contributed by atoms with van der Waals surface area (Å²) in [7, 11) is 3.50. The van der Waals surface area contributed by atoms with Crippen LogP contribution >= 0.6 is 11.6 Å². The average Bonchev–Trinajstić information content (AvgIpc) is 3.38. The van der Waals surface area contributed by atoms with Crippen molar-refractivity contribution in [3.63, 3.8) is 0 Å². The number of imidazole rings is 1. The highest BCUT2D eigenvalue weighted by Gasteiger charge is 2.18. The van der Waals surface area contributed by atoms with E-state index < -0.39 is 5.82 Å². The molecule has 0 fully saturated rings. The molecule has 5 aromatic rings. The zero-order valence-electron chi connectivity index (χ0n) is 22.6. The van der Waals surface area contributed by atoms with Gasteiger partial charge in [0.1, 0.15) is 11.6 Å². The smallest absolute Gasteiger partial charge is 0.253 e. The number of halogens is 3. The van der Waals surface area contributed by atoms with Crippen LogP contribution in [0.2, 0.25) is 5.02 Å². The summed E-state index contributed by atoms with van der Waals surface area (Å²) < 4.78 is 28.9. The summed E-state index contributed by atoms with van der Waals surface area (Å²) in [6.45, 7) is 1.62. The van der Waals surface area contributed by atoms with Gasteiger partial charge in [-0.05, 0) is 47.5 Å². The lowest BCUT2D eigenvalue weighted by molar-refractivity contribution is 0.0798. The van der Waals surface area contributed by atoms with Gasteiger partial charge in [-0.15, -0.1) is 0 Å². The van der Waals surface area contributed by atoms with Gasteiger partial charge in [0.25, 0.3) is 5.91 Å². The van der Waals surface area contributed by atoms with E-state index in [9.17, 15) is 13.6 Å². The quantitative estimate of drug-likeness (QED) is 0.233. The lowest BCUT2D eigenvalue weighted by atomic mass is 10.2. The summed E-state index contributed by atoms with van der Waals surface area (Å²) >= 11 is 6.42. The van der Waals surface area contributed by atoms with Gasteiger partial charge in [0.15, 0.2) is 17.0 Å². The van der Waals surface area contributed by atoms with Crippen molar-refractivity contribution in [2.75, 3.05) is 37.4 Å². The molecule has 0 saturated heterocycles. The van der Waals surface area contributed by atoms with Gasteiger partial charge in [-0.25, -0.2) is 13.8 Å². The first-order valence-electron chi connectivity index (χ1n) is 13.0. The normalized spacial score (nSPS) is 11.0. The standard InChI is InChI=1S/C30H28ClF2N7O/c1-38(29(41)21-7-5-8-24(33)16-21)14-15-39(2)30-36-27(34-17-20-10-12-23(32)13-11-20)26-28(37-30)40(19-35-26)18-22-6-3-4-9-25(22)31/h3-13,16,19H,14-15,17-18H2,1-2H3,(H,34,36,37). The molecule has 210 valence electrons. The summed E-state index contributed by atoms with van der Waals surface area (Å²) in [5.41, 5.74) is 3.26. The number of rotatable bonds is 10. The van der Waals surface area contributed by atoms with E-state index in [1.165, 1.54) is 35.2 Å². The number of hydrogen-bond donors (Lipinski definition) is 1. The van der Waals surface area contributed by atoms with Crippen LogP contribution in [-0.4, -0.2) is 57.5 Å². The van der Waals surface area contributed by atoms with Crippen LogP contribution in [0.5, 0.6) is 0 Å². The number of nitrogens with zero attached hydrogens (tertiary/aromatic N) is 6. The van der Waals surface area contributed by atoms with E-state index in [0.29, 0.717) is 54.1 Å². The second-order valence-electron chi connectivity index (χ2n) is 9.65. The van der Waals surface area contributed by atoms with Crippen LogP contribution in [0.4, 0.5) is 20.5 Å². The summed E-state index contributed by atoms with van der Waals surface area (Å²) in [5, 5.41) is 3.96. The third-order valence-corrected chi connectivity index (χ3v) is 7.02. The number of benzene rings is 3. The minimum absolute atomic E-state index is 0.281. The number of hydrogen-bond acceptors (Lipinski definition) is 6. The molecule has 0 bridgehead atoms. The lowest BCUT2D eigenvalue weighted by Crippen LogP contribution is -2.35. The molecule has 1 N–H and O–H groups in total. The Morgan fingerprint density at radius 1 is 0.951 bits per heavy atom. The second-order valence-corrected chi connectivity index (χ2v) is 10.1. The maximum absolute atomic E-state index is 13.6. The Balaban J connectivity index is 1.40. The van der Waals surface area contributed by atoms with E-state index in [0.717, 1.165) is 11.1 Å². The topological polar surface area (TPSA) is 79.2 Å². The second kappa shape index (κ2) is 12.3. The van der Waals surface area contributed by atoms with Crippen molar-refractivity contribution in [1.29, 1.82) is 0 Å². The van der Waals surface area contributed by atoms with Crippen LogP contribution in [0.25, 0.3) is 11.2 Å². The monoisotopic (exact) mass is 575 g/mol. The van der Waals surface area contributed by atoms with Gasteiger partial charge < -0.3 is 19.7 Å². The predicted molar refractivity (Wildman–Crippen MR) is 156 cm³/mol. The molecule has 11 heteroatoms. The molecule has 0 unspecified atom stereocenters. The molecule has 2 heterocycles. The average molecular weight is 576 g/mol. The zero-order chi connectivity index (χ0) is 28.9. The van der Waals surface area contributed by atoms with Crippen molar-refractivity contribution >= 4 is 40.4 Å². The first-order chi connectivity index (χ1) is 19.8. The van der Waals surface area contributed by atoms with E-state index in [1.807, 2.05) is 40.8 Å². The number of fused-ring (bicyclic) bond motifs is 1. The first-order valence-corrected chi connectivity index (χ1v) is 13.3. The Bertz CT molecular complexity index is 1680. The van der Waals surface area contributed by atoms with Crippen LogP contribution in [0.3, 0.4) is 0 Å². The predicted octanol–water partition coefficient (Wildman–Crippen LogP) is 5.63. The Morgan fingerprint density at radius 2 is 1.73 bits per heavy atom. The number of nitrogens with one attached hydrogen (secondary N) is 1. The third-order valence-electron chi connectivity index (χ3n) is 6.65. The lowest BCUT2D eigenvalue weighted by Gasteiger charge is -2.23. The Kier molecular flexibility index (Phi) is 8.39. The molecule has 1 amide bonds. The first kappa shape index (κ1) is 28.0. The molecule has 3 aromatic carbocycles. The highest BCUT2D eigenvalue weighted by atomic mass is 35.5. The van der Waals surface area contributed by atoms with Crippen molar-refractivity contribution in [1.82, 2.24) is 24.4 Å². The highest BCUT2D eigenvalue weighted by Crippen LogP contribution is 2.25. The zero-order valence-corrected chi connectivity index (χ0v) is 23.3. The van der Waals surface area contributed by atoms with E-state index in [-0.39, 0.29) is 17.3 Å². The number of aromatic nitrogens is 4. The Labute approximate surface area is 241 Å². The van der Waals surface area contributed by atoms with E-state index in [2.05, 4.69) is 10.3 Å². The molecule has 0 aliphatic heterocycles. The van der Waals surface area contributed by atoms with Crippen LogP contribution in [0.15, 0.2) is 79.1 Å². The highest BCUT2D eigenvalue weighted by molar-refractivity contribution is 6.31. The van der Waals surface area contributed by atoms with Crippen molar-refractivity contribution in [3.05, 3.63) is 112 Å². The van der Waals surface area contributed by atoms with Crippen LogP contribution in [0.1, 0.15) is 21.5 Å². The number of anilines is 2. The number of carbonyl (C=O) groups is 1. The number of amides is 1. The summed E-state index contributed by atoms with van der Waals surface area (Å²) in [5.74, 6) is -0.109. The van der Waals surface area contributed by atoms with Gasteiger partial charge >= 0.3 is 0 Å². The van der Waals surface area contributed by atoms with Gasteiger partial charge in [-0.2, -0.15) is 9.97 Å². The fraction of sp³-hybridized carbons (Fsp3) is 0.200. The summed E-state index contributed by atoms with van der Waals surface area (Å²) in [4.78, 5) is 30.3. The third kappa shape index (κ3) is 6.60. The van der Waals surface area contributed by atoms with Gasteiger partial charge in [0, 0.05) is 44.3 Å². The minimum Gasteiger partial charge on any atom is -0.364 e. The van der Waals surface area contributed by atoms with Crippen molar-refractivity contribution in [2.45, 2.75) is 13.1 Å². The molecule has 2 aromatic heterocycles. The Hall–Kier alpha value is -4.57. The SMILES string of the molecule is CN(CCN(C)c1nc(NCc2ccc(F)cc2)c2ncn(Cc3ccccc3Cl)c2n1)C(=O)c1cccc(F)c1. The number of carbonyl (C=O) groups excluding carboxylic acids is 1. The van der Waals surface area contributed by atoms with Crippen LogP contribution < -0.4 is 10.2 Å². The minimum atomic E-state index is -0.461. The molecular weight excluding hydrogens is 548 g/mol. The van der Waals surface area contributed by atoms with E-state index >= 15 is 0 Å². The summed E-state index contributed by atoms with van der Waals surface area (Å²) in [6.07, 6.45) is 1.70. The Morgan fingerprint density at radius 3 is 2.49 bits per heavy atom. The molecular formula is C30H28ClF2N7O. The molecule has 0 radical (unpaired) electrons. The van der Waals surface area contributed by atoms with Gasteiger partial charge in [0.05, 0.1) is 12.9 Å².